The second kappa shape index (κ2) is 11.9. The van der Waals surface area contributed by atoms with Crippen molar-refractivity contribution in [3.05, 3.63) is 118 Å². The normalized spacial score (nSPS) is 12.7. The van der Waals surface area contributed by atoms with Gasteiger partial charge < -0.3 is 19.5 Å². The lowest BCUT2D eigenvalue weighted by Gasteiger charge is -2.26. The third-order valence-corrected chi connectivity index (χ3v) is 11.1. The van der Waals surface area contributed by atoms with E-state index in [0.29, 0.717) is 13.2 Å². The van der Waals surface area contributed by atoms with E-state index in [0.717, 1.165) is 63.0 Å². The molecule has 1 aliphatic heterocycles. The van der Waals surface area contributed by atoms with Crippen molar-refractivity contribution in [2.24, 2.45) is 0 Å². The molecule has 0 amide bonds. The predicted molar refractivity (Wildman–Crippen MR) is 186 cm³/mol. The molecule has 7 rings (SSSR count). The van der Waals surface area contributed by atoms with E-state index in [9.17, 15) is 9.90 Å². The Morgan fingerprint density at radius 1 is 0.778 bits per heavy atom. The van der Waals surface area contributed by atoms with Crippen molar-refractivity contribution in [3.63, 3.8) is 0 Å². The van der Waals surface area contributed by atoms with Gasteiger partial charge in [-0.05, 0) is 74.0 Å². The zero-order chi connectivity index (χ0) is 31.1. The van der Waals surface area contributed by atoms with Gasteiger partial charge >= 0.3 is 5.97 Å². The van der Waals surface area contributed by atoms with Gasteiger partial charge in [-0.25, -0.2) is 4.85 Å². The highest BCUT2D eigenvalue weighted by Gasteiger charge is 2.27. The molecular weight excluding hydrogens is 621 g/mol. The van der Waals surface area contributed by atoms with Crippen LogP contribution in [0.2, 0.25) is 0 Å². The fourth-order valence-electron chi connectivity index (χ4n) is 5.21. The number of carbonyl (C=O) groups is 1. The topological polar surface area (TPSA) is 63.4 Å². The summed E-state index contributed by atoms with van der Waals surface area (Å²) in [5.74, 6) is 0.316. The average Bonchev–Trinajstić information content (AvgIpc) is 3.74. The Labute approximate surface area is 272 Å². The molecule has 45 heavy (non-hydrogen) atoms. The third-order valence-electron chi connectivity index (χ3n) is 7.44. The lowest BCUT2D eigenvalue weighted by molar-refractivity contribution is -0.132. The first-order chi connectivity index (χ1) is 21.9. The molecule has 6 nitrogen and oxygen atoms in total. The van der Waals surface area contributed by atoms with Crippen LogP contribution in [0.4, 0.5) is 17.1 Å². The number of nitrogens with zero attached hydrogens (tertiary/aromatic N) is 2. The average molecular weight is 647 g/mol. The Bertz CT molecular complexity index is 2040. The molecule has 0 bridgehead atoms. The molecule has 3 aromatic carbocycles. The highest BCUT2D eigenvalue weighted by Crippen LogP contribution is 2.56. The summed E-state index contributed by atoms with van der Waals surface area (Å²) in [6.45, 7) is 12.3. The van der Waals surface area contributed by atoms with Crippen LogP contribution in [0.3, 0.4) is 0 Å². The van der Waals surface area contributed by atoms with Crippen molar-refractivity contribution < 1.29 is 19.4 Å². The monoisotopic (exact) mass is 646 g/mol. The Kier molecular flexibility index (Phi) is 7.63. The molecule has 9 heteroatoms. The largest absolute Gasteiger partial charge is 0.486 e. The van der Waals surface area contributed by atoms with Crippen molar-refractivity contribution in [2.75, 3.05) is 18.1 Å². The Hall–Kier alpha value is -4.88. The van der Waals surface area contributed by atoms with E-state index in [1.165, 1.54) is 28.5 Å². The third kappa shape index (κ3) is 5.60. The fourth-order valence-corrected chi connectivity index (χ4v) is 8.85. The van der Waals surface area contributed by atoms with Crippen molar-refractivity contribution >= 4 is 72.5 Å². The van der Waals surface area contributed by atoms with E-state index in [4.69, 9.17) is 16.0 Å². The highest BCUT2D eigenvalue weighted by molar-refractivity contribution is 7.32. The number of carboxylic acids is 1. The minimum absolute atomic E-state index is 0.293. The molecule has 0 unspecified atom stereocenters. The standard InChI is InChI=1S/C36H26N2O4S3/c1-21-4-10-24(11-5-21)38(25-12-6-22(2)7-13-25)26-14-8-23(9-15-26)34-32-33(42-17-16-41-32)35(45-34)31-20-30-29(44-31)19-27(43-30)18-28(37-3)36(39)40/h4-15,18-20H,16-17H2,1-2H3,(H,39,40)/b28-18-. The number of hydrogen-bond donors (Lipinski definition) is 1. The van der Waals surface area contributed by atoms with Crippen molar-refractivity contribution in [1.82, 2.24) is 0 Å². The molecule has 3 aromatic heterocycles. The molecule has 6 aromatic rings. The summed E-state index contributed by atoms with van der Waals surface area (Å²) in [7, 11) is 0. The summed E-state index contributed by atoms with van der Waals surface area (Å²) in [6, 6.07) is 29.8. The van der Waals surface area contributed by atoms with Crippen molar-refractivity contribution in [3.8, 4) is 31.7 Å². The molecule has 4 heterocycles. The van der Waals surface area contributed by atoms with Gasteiger partial charge in [0.25, 0.3) is 5.70 Å². The second-order valence-corrected chi connectivity index (χ2v) is 13.8. The first-order valence-corrected chi connectivity index (χ1v) is 16.7. The molecule has 222 valence electrons. The Balaban J connectivity index is 1.25. The van der Waals surface area contributed by atoms with Gasteiger partial charge in [0.15, 0.2) is 11.5 Å². The quantitative estimate of drug-likeness (QED) is 0.138. The molecule has 0 fully saturated rings. The lowest BCUT2D eigenvalue weighted by atomic mass is 10.1. The SMILES string of the molecule is [C-]#[N+]/C(=C\c1cc2sc(-c3sc(-c4ccc(N(c5ccc(C)cc5)c5ccc(C)cc5)cc4)c4c3OCCO4)cc2s1)C(=O)O. The van der Waals surface area contributed by atoms with E-state index in [1.54, 1.807) is 22.7 Å². The van der Waals surface area contributed by atoms with Crippen LogP contribution < -0.4 is 14.4 Å². The number of aliphatic carboxylic acids is 1. The Morgan fingerprint density at radius 3 is 1.84 bits per heavy atom. The van der Waals surface area contributed by atoms with Crippen LogP contribution in [-0.4, -0.2) is 24.3 Å². The first-order valence-electron chi connectivity index (χ1n) is 14.2. The van der Waals surface area contributed by atoms with Gasteiger partial charge in [0, 0.05) is 31.3 Å². The summed E-state index contributed by atoms with van der Waals surface area (Å²) in [4.78, 5) is 20.5. The number of rotatable bonds is 7. The molecule has 1 aliphatic rings. The zero-order valence-electron chi connectivity index (χ0n) is 24.4. The van der Waals surface area contributed by atoms with Gasteiger partial charge in [0.1, 0.15) is 13.2 Å². The van der Waals surface area contributed by atoms with Crippen LogP contribution in [-0.2, 0) is 4.79 Å². The van der Waals surface area contributed by atoms with Gasteiger partial charge in [-0.3, -0.25) is 4.79 Å². The van der Waals surface area contributed by atoms with Crippen LogP contribution >= 0.6 is 34.0 Å². The van der Waals surface area contributed by atoms with E-state index >= 15 is 0 Å². The van der Waals surface area contributed by atoms with E-state index in [2.05, 4.69) is 102 Å². The minimum Gasteiger partial charge on any atom is -0.486 e. The highest BCUT2D eigenvalue weighted by atomic mass is 32.1. The van der Waals surface area contributed by atoms with Crippen LogP contribution in [0.15, 0.2) is 90.6 Å². The molecule has 0 atom stereocenters. The molecule has 0 radical (unpaired) electrons. The lowest BCUT2D eigenvalue weighted by Crippen LogP contribution is -2.14. The van der Waals surface area contributed by atoms with Gasteiger partial charge in [-0.2, -0.15) is 0 Å². The number of anilines is 3. The maximum atomic E-state index is 11.3. The zero-order valence-corrected chi connectivity index (χ0v) is 26.8. The number of carboxylic acid groups (broad SMARTS) is 1. The predicted octanol–water partition coefficient (Wildman–Crippen LogP) is 10.6. The number of ether oxygens (including phenoxy) is 2. The first kappa shape index (κ1) is 28.9. The van der Waals surface area contributed by atoms with Gasteiger partial charge in [0.05, 0.1) is 21.2 Å². The van der Waals surface area contributed by atoms with Gasteiger partial charge in [-0.15, -0.1) is 34.0 Å². The van der Waals surface area contributed by atoms with Crippen LogP contribution in [0.1, 0.15) is 16.0 Å². The molecule has 0 spiro atoms. The number of thiophene rings is 3. The molecule has 0 aliphatic carbocycles. The van der Waals surface area contributed by atoms with E-state index in [-0.39, 0.29) is 5.70 Å². The maximum absolute atomic E-state index is 11.3. The summed E-state index contributed by atoms with van der Waals surface area (Å²) >= 11 is 4.75. The van der Waals surface area contributed by atoms with E-state index < -0.39 is 5.97 Å². The Morgan fingerprint density at radius 2 is 1.31 bits per heavy atom. The fraction of sp³-hybridized carbons (Fsp3) is 0.111. The molecule has 0 saturated carbocycles. The van der Waals surface area contributed by atoms with Crippen molar-refractivity contribution in [2.45, 2.75) is 13.8 Å². The van der Waals surface area contributed by atoms with Gasteiger partial charge in [0.2, 0.25) is 0 Å². The number of benzene rings is 3. The summed E-state index contributed by atoms with van der Waals surface area (Å²) in [5, 5.41) is 9.22. The smallest absolute Gasteiger partial charge is 0.333 e. The number of hydrogen-bond acceptors (Lipinski definition) is 7. The minimum atomic E-state index is -1.22. The number of aryl methyl sites for hydroxylation is 2. The van der Waals surface area contributed by atoms with Crippen LogP contribution in [0.5, 0.6) is 11.5 Å². The maximum Gasteiger partial charge on any atom is 0.333 e. The van der Waals surface area contributed by atoms with E-state index in [1.807, 2.05) is 6.07 Å². The molecular formula is C36H26N2O4S3. The molecule has 0 saturated heterocycles. The summed E-state index contributed by atoms with van der Waals surface area (Å²) < 4.78 is 14.4. The summed E-state index contributed by atoms with van der Waals surface area (Å²) in [5.41, 5.74) is 6.43. The van der Waals surface area contributed by atoms with Crippen LogP contribution in [0, 0.1) is 20.4 Å². The summed E-state index contributed by atoms with van der Waals surface area (Å²) in [6.07, 6.45) is 1.43. The second-order valence-electron chi connectivity index (χ2n) is 10.6. The van der Waals surface area contributed by atoms with Gasteiger partial charge in [-0.1, -0.05) is 47.5 Å². The van der Waals surface area contributed by atoms with Crippen molar-refractivity contribution in [1.29, 1.82) is 0 Å². The number of fused-ring (bicyclic) bond motifs is 2. The molecule has 1 N–H and O–H groups in total. The van der Waals surface area contributed by atoms with Crippen LogP contribution in [0.25, 0.3) is 40.5 Å².